The predicted molar refractivity (Wildman–Crippen MR) is 87.6 cm³/mol. The van der Waals surface area contributed by atoms with Crippen LogP contribution in [0.15, 0.2) is 39.8 Å². The van der Waals surface area contributed by atoms with Gasteiger partial charge in [0.05, 0.1) is 6.54 Å². The molecule has 4 rings (SSSR count). The zero-order valence-electron chi connectivity index (χ0n) is 13.0. The highest BCUT2D eigenvalue weighted by molar-refractivity contribution is 6.02. The smallest absolute Gasteiger partial charge is 0.294 e. The lowest BCUT2D eigenvalue weighted by Gasteiger charge is -2.05. The molecule has 6 nitrogen and oxygen atoms in total. The third-order valence-electron chi connectivity index (χ3n) is 3.97. The zero-order chi connectivity index (χ0) is 16.0. The molecule has 0 aliphatic heterocycles. The monoisotopic (exact) mass is 308 g/mol. The van der Waals surface area contributed by atoms with E-state index in [1.807, 2.05) is 42.8 Å². The van der Waals surface area contributed by atoms with Crippen molar-refractivity contribution in [3.8, 4) is 0 Å². The summed E-state index contributed by atoms with van der Waals surface area (Å²) in [6.07, 6.45) is 4.47. The quantitative estimate of drug-likeness (QED) is 0.631. The molecular formula is C17H16N4O2. The van der Waals surface area contributed by atoms with Crippen molar-refractivity contribution in [2.75, 3.05) is 0 Å². The van der Waals surface area contributed by atoms with Crippen LogP contribution in [0.1, 0.15) is 24.1 Å². The summed E-state index contributed by atoms with van der Waals surface area (Å²) in [7, 11) is 0. The van der Waals surface area contributed by atoms with E-state index >= 15 is 0 Å². The van der Waals surface area contributed by atoms with Gasteiger partial charge in [-0.3, -0.25) is 4.79 Å². The third kappa shape index (κ3) is 2.23. The van der Waals surface area contributed by atoms with E-state index in [2.05, 4.69) is 15.0 Å². The van der Waals surface area contributed by atoms with Crippen LogP contribution in [0.5, 0.6) is 0 Å². The molecule has 0 saturated heterocycles. The average Bonchev–Trinajstić information content (AvgIpc) is 3.12. The van der Waals surface area contributed by atoms with Gasteiger partial charge in [0.15, 0.2) is 0 Å². The van der Waals surface area contributed by atoms with Gasteiger partial charge in [-0.05, 0) is 19.1 Å². The van der Waals surface area contributed by atoms with Crippen LogP contribution in [0, 0.1) is 6.92 Å². The van der Waals surface area contributed by atoms with Crippen LogP contribution in [-0.4, -0.2) is 19.5 Å². The van der Waals surface area contributed by atoms with E-state index in [4.69, 9.17) is 4.42 Å². The van der Waals surface area contributed by atoms with E-state index in [0.29, 0.717) is 23.5 Å². The van der Waals surface area contributed by atoms with Crippen molar-refractivity contribution in [1.29, 1.82) is 0 Å². The largest absolute Gasteiger partial charge is 0.449 e. The maximum Gasteiger partial charge on any atom is 0.294 e. The Bertz CT molecular complexity index is 1070. The van der Waals surface area contributed by atoms with Gasteiger partial charge in [-0.25, -0.2) is 9.97 Å². The van der Waals surface area contributed by atoms with Crippen LogP contribution < -0.4 is 5.56 Å². The molecule has 0 aliphatic rings. The number of nitrogens with one attached hydrogen (secondary N) is 1. The van der Waals surface area contributed by atoms with Gasteiger partial charge >= 0.3 is 0 Å². The van der Waals surface area contributed by atoms with Crippen LogP contribution in [0.3, 0.4) is 0 Å². The second-order valence-corrected chi connectivity index (χ2v) is 5.62. The molecule has 116 valence electrons. The number of aromatic nitrogens is 4. The highest BCUT2D eigenvalue weighted by atomic mass is 16.3. The first-order valence-electron chi connectivity index (χ1n) is 7.58. The van der Waals surface area contributed by atoms with E-state index in [1.165, 1.54) is 0 Å². The van der Waals surface area contributed by atoms with Gasteiger partial charge in [0.25, 0.3) is 5.56 Å². The molecule has 0 aliphatic carbocycles. The highest BCUT2D eigenvalue weighted by Crippen LogP contribution is 2.25. The fourth-order valence-electron chi connectivity index (χ4n) is 2.85. The number of nitrogens with zero attached hydrogens (tertiary/aromatic N) is 3. The topological polar surface area (TPSA) is 76.7 Å². The van der Waals surface area contributed by atoms with Crippen molar-refractivity contribution in [1.82, 2.24) is 19.5 Å². The lowest BCUT2D eigenvalue weighted by atomic mass is 10.2. The molecule has 23 heavy (non-hydrogen) atoms. The normalized spacial score (nSPS) is 11.6. The van der Waals surface area contributed by atoms with Gasteiger partial charge in [-0.1, -0.05) is 18.6 Å². The molecule has 1 N–H and O–H groups in total. The molecule has 4 aromatic rings. The summed E-state index contributed by atoms with van der Waals surface area (Å²) in [5.41, 5.74) is 2.41. The number of fused-ring (bicyclic) bond motifs is 3. The fraction of sp³-hybridized carbons (Fsp3) is 0.235. The van der Waals surface area contributed by atoms with Gasteiger partial charge < -0.3 is 14.0 Å². The van der Waals surface area contributed by atoms with Gasteiger partial charge in [0.1, 0.15) is 22.7 Å². The Morgan fingerprint density at radius 3 is 3.04 bits per heavy atom. The number of H-pyrrole nitrogens is 1. The summed E-state index contributed by atoms with van der Waals surface area (Å²) in [4.78, 5) is 24.0. The predicted octanol–water partition coefficient (Wildman–Crippen LogP) is 2.78. The minimum absolute atomic E-state index is 0.253. The molecule has 3 heterocycles. The van der Waals surface area contributed by atoms with Gasteiger partial charge in [0, 0.05) is 24.2 Å². The average molecular weight is 308 g/mol. The summed E-state index contributed by atoms with van der Waals surface area (Å²) >= 11 is 0. The Labute approximate surface area is 131 Å². The molecule has 0 amide bonds. The van der Waals surface area contributed by atoms with E-state index in [-0.39, 0.29) is 11.1 Å². The summed E-state index contributed by atoms with van der Waals surface area (Å²) in [6.45, 7) is 4.53. The molecule has 0 radical (unpaired) electrons. The molecule has 0 unspecified atom stereocenters. The number of benzene rings is 1. The Morgan fingerprint density at radius 1 is 1.35 bits per heavy atom. The molecule has 0 fully saturated rings. The van der Waals surface area contributed by atoms with Crippen molar-refractivity contribution in [2.45, 2.75) is 26.8 Å². The van der Waals surface area contributed by atoms with E-state index in [9.17, 15) is 4.79 Å². The Hall–Kier alpha value is -2.89. The van der Waals surface area contributed by atoms with Crippen molar-refractivity contribution < 1.29 is 4.42 Å². The molecule has 3 aromatic heterocycles. The van der Waals surface area contributed by atoms with Crippen LogP contribution in [0.4, 0.5) is 0 Å². The maximum atomic E-state index is 12.3. The molecule has 1 aromatic carbocycles. The van der Waals surface area contributed by atoms with E-state index < -0.39 is 0 Å². The molecular weight excluding hydrogens is 292 g/mol. The SMILES string of the molecule is CCc1nccn1Cc1nc2c(oc3ccc(C)cc32)c(=O)[nH]1. The number of hydrogen-bond donors (Lipinski definition) is 1. The van der Waals surface area contributed by atoms with Crippen molar-refractivity contribution in [3.63, 3.8) is 0 Å². The maximum absolute atomic E-state index is 12.3. The van der Waals surface area contributed by atoms with Gasteiger partial charge in [0.2, 0.25) is 5.58 Å². The molecule has 6 heteroatoms. The molecule has 0 bridgehead atoms. The summed E-state index contributed by atoms with van der Waals surface area (Å²) in [6, 6.07) is 5.82. The summed E-state index contributed by atoms with van der Waals surface area (Å²) in [5.74, 6) is 1.56. The summed E-state index contributed by atoms with van der Waals surface area (Å²) < 4.78 is 7.63. The van der Waals surface area contributed by atoms with Crippen LogP contribution in [0.2, 0.25) is 0 Å². The van der Waals surface area contributed by atoms with Gasteiger partial charge in [-0.2, -0.15) is 0 Å². The molecule has 0 atom stereocenters. The Balaban J connectivity index is 1.90. The number of imidazole rings is 1. The minimum Gasteiger partial charge on any atom is -0.449 e. The van der Waals surface area contributed by atoms with Crippen LogP contribution >= 0.6 is 0 Å². The lowest BCUT2D eigenvalue weighted by Crippen LogP contribution is -2.14. The second kappa shape index (κ2) is 5.08. The number of rotatable bonds is 3. The minimum atomic E-state index is -0.253. The lowest BCUT2D eigenvalue weighted by molar-refractivity contribution is 0.653. The summed E-state index contributed by atoms with van der Waals surface area (Å²) in [5, 5.41) is 0.869. The first-order chi connectivity index (χ1) is 11.2. The highest BCUT2D eigenvalue weighted by Gasteiger charge is 2.14. The molecule has 0 spiro atoms. The fourth-order valence-corrected chi connectivity index (χ4v) is 2.85. The number of aromatic amines is 1. The van der Waals surface area contributed by atoms with Crippen molar-refractivity contribution in [2.24, 2.45) is 0 Å². The van der Waals surface area contributed by atoms with E-state index in [1.54, 1.807) is 6.20 Å². The zero-order valence-corrected chi connectivity index (χ0v) is 13.0. The second-order valence-electron chi connectivity index (χ2n) is 5.62. The third-order valence-corrected chi connectivity index (χ3v) is 3.97. The first-order valence-corrected chi connectivity index (χ1v) is 7.58. The number of furan rings is 1. The standard InChI is InChI=1S/C17H16N4O2/c1-3-14-18-6-7-21(14)9-13-19-15-11-8-10(2)4-5-12(11)23-16(15)17(22)20-13/h4-8H,3,9H2,1-2H3,(H,19,20,22). The van der Waals surface area contributed by atoms with Crippen LogP contribution in [-0.2, 0) is 13.0 Å². The number of aryl methyl sites for hydroxylation is 2. The first kappa shape index (κ1) is 13.8. The number of hydrogen-bond acceptors (Lipinski definition) is 4. The van der Waals surface area contributed by atoms with Crippen molar-refractivity contribution >= 4 is 22.1 Å². The van der Waals surface area contributed by atoms with Crippen LogP contribution in [0.25, 0.3) is 22.1 Å². The Morgan fingerprint density at radius 2 is 2.22 bits per heavy atom. The van der Waals surface area contributed by atoms with Crippen molar-refractivity contribution in [3.05, 3.63) is 58.2 Å². The molecule has 0 saturated carbocycles. The Kier molecular flexibility index (Phi) is 3.04. The van der Waals surface area contributed by atoms with Gasteiger partial charge in [-0.15, -0.1) is 0 Å². The van der Waals surface area contributed by atoms with E-state index in [0.717, 1.165) is 23.2 Å².